The van der Waals surface area contributed by atoms with Gasteiger partial charge in [-0.3, -0.25) is 9.36 Å². The van der Waals surface area contributed by atoms with Crippen molar-refractivity contribution in [3.63, 3.8) is 0 Å². The predicted octanol–water partition coefficient (Wildman–Crippen LogP) is 5.08. The summed E-state index contributed by atoms with van der Waals surface area (Å²) >= 11 is 1.33. The molecule has 0 aliphatic rings. The number of thioether (sulfide) groups is 1. The molecule has 1 amide bonds. The lowest BCUT2D eigenvalue weighted by Gasteiger charge is -2.15. The van der Waals surface area contributed by atoms with Crippen molar-refractivity contribution in [3.05, 3.63) is 72.8 Å². The van der Waals surface area contributed by atoms with Crippen LogP contribution in [0.4, 0.5) is 5.69 Å². The molecule has 1 heterocycles. The van der Waals surface area contributed by atoms with Gasteiger partial charge in [0.25, 0.3) is 0 Å². The van der Waals surface area contributed by atoms with E-state index >= 15 is 0 Å². The van der Waals surface area contributed by atoms with Gasteiger partial charge in [-0.05, 0) is 55.5 Å². The smallest absolute Gasteiger partial charge is 0.237 e. The van der Waals surface area contributed by atoms with Crippen LogP contribution < -0.4 is 19.5 Å². The number of hydrogen-bond acceptors (Lipinski definition) is 7. The monoisotopic (exact) mass is 490 g/mol. The number of ether oxygens (including phenoxy) is 3. The number of nitrogens with zero attached hydrogens (tertiary/aromatic N) is 3. The number of hydrogen-bond donors (Lipinski definition) is 1. The lowest BCUT2D eigenvalue weighted by molar-refractivity contribution is -0.115. The molecular formula is C26H26N4O4S. The first-order valence-corrected chi connectivity index (χ1v) is 11.8. The zero-order valence-corrected chi connectivity index (χ0v) is 20.7. The van der Waals surface area contributed by atoms with Crippen molar-refractivity contribution in [1.29, 1.82) is 0 Å². The normalized spacial score (nSPS) is 11.5. The summed E-state index contributed by atoms with van der Waals surface area (Å²) in [5.41, 5.74) is 2.40. The fraction of sp³-hybridized carbons (Fsp3) is 0.192. The molecule has 0 aliphatic carbocycles. The predicted molar refractivity (Wildman–Crippen MR) is 137 cm³/mol. The molecule has 0 saturated heterocycles. The minimum Gasteiger partial charge on any atom is -0.497 e. The fourth-order valence-electron chi connectivity index (χ4n) is 3.45. The van der Waals surface area contributed by atoms with Crippen LogP contribution in [0.5, 0.6) is 17.2 Å². The number of amides is 1. The van der Waals surface area contributed by atoms with Crippen LogP contribution >= 0.6 is 11.8 Å². The zero-order chi connectivity index (χ0) is 24.8. The van der Waals surface area contributed by atoms with Crippen molar-refractivity contribution in [2.75, 3.05) is 26.6 Å². The zero-order valence-electron chi connectivity index (χ0n) is 19.9. The van der Waals surface area contributed by atoms with E-state index in [1.165, 1.54) is 11.8 Å². The Morgan fingerprint density at radius 1 is 0.886 bits per heavy atom. The average Bonchev–Trinajstić information content (AvgIpc) is 3.32. The summed E-state index contributed by atoms with van der Waals surface area (Å²) in [7, 11) is 4.75. The molecule has 0 saturated carbocycles. The van der Waals surface area contributed by atoms with Gasteiger partial charge in [-0.15, -0.1) is 10.2 Å². The highest BCUT2D eigenvalue weighted by molar-refractivity contribution is 8.00. The van der Waals surface area contributed by atoms with Gasteiger partial charge in [-0.2, -0.15) is 0 Å². The molecule has 1 N–H and O–H groups in total. The third-order valence-electron chi connectivity index (χ3n) is 5.30. The Morgan fingerprint density at radius 2 is 1.60 bits per heavy atom. The van der Waals surface area contributed by atoms with Gasteiger partial charge < -0.3 is 19.5 Å². The van der Waals surface area contributed by atoms with Crippen LogP contribution in [0.2, 0.25) is 0 Å². The second-order valence-corrected chi connectivity index (χ2v) is 8.83. The number of carbonyl (C=O) groups excluding carboxylic acids is 1. The molecule has 4 aromatic rings. The van der Waals surface area contributed by atoms with Crippen molar-refractivity contribution < 1.29 is 19.0 Å². The van der Waals surface area contributed by atoms with Crippen LogP contribution in [0.3, 0.4) is 0 Å². The van der Waals surface area contributed by atoms with Crippen LogP contribution in [0, 0.1) is 0 Å². The summed E-state index contributed by atoms with van der Waals surface area (Å²) in [6.45, 7) is 1.83. The minimum atomic E-state index is -0.446. The second-order valence-electron chi connectivity index (χ2n) is 7.52. The highest BCUT2D eigenvalue weighted by atomic mass is 32.2. The van der Waals surface area contributed by atoms with Crippen molar-refractivity contribution in [2.45, 2.75) is 17.3 Å². The summed E-state index contributed by atoms with van der Waals surface area (Å²) in [6.07, 6.45) is 0. The summed E-state index contributed by atoms with van der Waals surface area (Å²) in [4.78, 5) is 13.0. The number of nitrogens with one attached hydrogen (secondary N) is 1. The lowest BCUT2D eigenvalue weighted by atomic mass is 10.2. The number of anilines is 1. The van der Waals surface area contributed by atoms with E-state index in [4.69, 9.17) is 14.2 Å². The van der Waals surface area contributed by atoms with Gasteiger partial charge in [-0.1, -0.05) is 30.0 Å². The van der Waals surface area contributed by atoms with E-state index in [-0.39, 0.29) is 5.91 Å². The maximum atomic E-state index is 13.0. The largest absolute Gasteiger partial charge is 0.497 e. The summed E-state index contributed by atoms with van der Waals surface area (Å²) in [5, 5.41) is 12.0. The van der Waals surface area contributed by atoms with Crippen molar-refractivity contribution in [2.24, 2.45) is 0 Å². The molecule has 0 spiro atoms. The molecule has 0 bridgehead atoms. The maximum Gasteiger partial charge on any atom is 0.237 e. The first kappa shape index (κ1) is 24.2. The highest BCUT2D eigenvalue weighted by Gasteiger charge is 2.22. The molecule has 3 aromatic carbocycles. The van der Waals surface area contributed by atoms with Crippen molar-refractivity contribution in [3.8, 4) is 34.3 Å². The number of rotatable bonds is 9. The van der Waals surface area contributed by atoms with Gasteiger partial charge >= 0.3 is 0 Å². The number of para-hydroxylation sites is 1. The fourth-order valence-corrected chi connectivity index (χ4v) is 4.32. The summed E-state index contributed by atoms with van der Waals surface area (Å²) < 4.78 is 17.8. The standard InChI is InChI=1S/C26H26N4O4S/c1-17(25(31)27-19-12-15-22(33-3)23(16-19)34-4)35-26-29-28-24(18-10-13-21(32-2)14-11-18)30(26)20-8-6-5-7-9-20/h5-17H,1-4H3,(H,27,31). The van der Waals surface area contributed by atoms with E-state index < -0.39 is 5.25 Å². The molecule has 9 heteroatoms. The van der Waals surface area contributed by atoms with Crippen LogP contribution in [0.1, 0.15) is 6.92 Å². The van der Waals surface area contributed by atoms with Crippen LogP contribution in [-0.2, 0) is 4.79 Å². The van der Waals surface area contributed by atoms with E-state index in [9.17, 15) is 4.79 Å². The molecule has 0 radical (unpaired) electrons. The van der Waals surface area contributed by atoms with Crippen LogP contribution in [0.15, 0.2) is 78.0 Å². The SMILES string of the molecule is COc1ccc(-c2nnc(SC(C)C(=O)Nc3ccc(OC)c(OC)c3)n2-c2ccccc2)cc1. The quantitative estimate of drug-likeness (QED) is 0.327. The Bertz CT molecular complexity index is 1290. The van der Waals surface area contributed by atoms with Crippen molar-refractivity contribution in [1.82, 2.24) is 14.8 Å². The Morgan fingerprint density at radius 3 is 2.26 bits per heavy atom. The van der Waals surface area contributed by atoms with Gasteiger partial charge in [0.05, 0.1) is 26.6 Å². The second kappa shape index (κ2) is 11.0. The number of carbonyl (C=O) groups is 1. The molecule has 35 heavy (non-hydrogen) atoms. The van der Waals surface area contributed by atoms with Crippen LogP contribution in [0.25, 0.3) is 17.1 Å². The first-order chi connectivity index (χ1) is 17.0. The molecular weight excluding hydrogens is 464 g/mol. The molecule has 1 atom stereocenters. The Kier molecular flexibility index (Phi) is 7.57. The Labute approximate surface area is 208 Å². The lowest BCUT2D eigenvalue weighted by Crippen LogP contribution is -2.23. The number of benzene rings is 3. The molecule has 0 aliphatic heterocycles. The highest BCUT2D eigenvalue weighted by Crippen LogP contribution is 2.33. The van der Waals surface area contributed by atoms with Crippen molar-refractivity contribution >= 4 is 23.4 Å². The third kappa shape index (κ3) is 5.41. The van der Waals surface area contributed by atoms with Gasteiger partial charge in [-0.25, -0.2) is 0 Å². The number of aromatic nitrogens is 3. The summed E-state index contributed by atoms with van der Waals surface area (Å²) in [5.74, 6) is 2.40. The van der Waals surface area contributed by atoms with Gasteiger partial charge in [0.1, 0.15) is 5.75 Å². The summed E-state index contributed by atoms with van der Waals surface area (Å²) in [6, 6.07) is 22.7. The van der Waals surface area contributed by atoms with E-state index in [1.807, 2.05) is 66.1 Å². The molecule has 1 unspecified atom stereocenters. The number of methoxy groups -OCH3 is 3. The van der Waals surface area contributed by atoms with E-state index in [1.54, 1.807) is 39.5 Å². The van der Waals surface area contributed by atoms with Gasteiger partial charge in [0, 0.05) is 23.0 Å². The molecule has 0 fully saturated rings. The van der Waals surface area contributed by atoms with E-state index in [2.05, 4.69) is 15.5 Å². The average molecular weight is 491 g/mol. The Hall–Kier alpha value is -3.98. The topological polar surface area (TPSA) is 87.5 Å². The Balaban J connectivity index is 1.59. The van der Waals surface area contributed by atoms with Gasteiger partial charge in [0.2, 0.25) is 5.91 Å². The third-order valence-corrected chi connectivity index (χ3v) is 6.34. The van der Waals surface area contributed by atoms with Crippen LogP contribution in [-0.4, -0.2) is 47.3 Å². The molecule has 4 rings (SSSR count). The minimum absolute atomic E-state index is 0.171. The van der Waals surface area contributed by atoms with E-state index in [0.29, 0.717) is 28.2 Å². The van der Waals surface area contributed by atoms with Gasteiger partial charge in [0.15, 0.2) is 22.5 Å². The molecule has 180 valence electrons. The molecule has 8 nitrogen and oxygen atoms in total. The van der Waals surface area contributed by atoms with E-state index in [0.717, 1.165) is 17.0 Å². The molecule has 1 aromatic heterocycles. The first-order valence-electron chi connectivity index (χ1n) is 10.9. The maximum absolute atomic E-state index is 13.0.